The molecule has 0 atom stereocenters. The van der Waals surface area contributed by atoms with Gasteiger partial charge in [0, 0.05) is 25.7 Å². The molecular weight excluding hydrogens is 366 g/mol. The van der Waals surface area contributed by atoms with Crippen molar-refractivity contribution in [2.24, 2.45) is 0 Å². The van der Waals surface area contributed by atoms with Crippen LogP contribution in [-0.4, -0.2) is 62.3 Å². The Labute approximate surface area is 164 Å². The van der Waals surface area contributed by atoms with E-state index in [0.717, 1.165) is 0 Å². The van der Waals surface area contributed by atoms with Crippen molar-refractivity contribution in [3.8, 4) is 11.5 Å². The van der Waals surface area contributed by atoms with Gasteiger partial charge in [0.05, 0.1) is 18.7 Å². The highest BCUT2D eigenvalue weighted by atomic mass is 16.6. The fourth-order valence-electron chi connectivity index (χ4n) is 2.26. The molecule has 0 saturated carbocycles. The Morgan fingerprint density at radius 2 is 1.57 bits per heavy atom. The number of amides is 1. The van der Waals surface area contributed by atoms with Gasteiger partial charge in [0.1, 0.15) is 31.0 Å². The summed E-state index contributed by atoms with van der Waals surface area (Å²) < 4.78 is 26.8. The summed E-state index contributed by atoms with van der Waals surface area (Å²) in [7, 11) is 3.19. The quantitative estimate of drug-likeness (QED) is 0.649. The minimum atomic E-state index is -0.621. The van der Waals surface area contributed by atoms with E-state index >= 15 is 0 Å². The van der Waals surface area contributed by atoms with Gasteiger partial charge >= 0.3 is 6.09 Å². The van der Waals surface area contributed by atoms with Crippen molar-refractivity contribution in [2.45, 2.75) is 26.4 Å². The number of fused-ring (bicyclic) bond motifs is 1. The van der Waals surface area contributed by atoms with Gasteiger partial charge in [-0.1, -0.05) is 0 Å². The predicted octanol–water partition coefficient (Wildman–Crippen LogP) is 3.03. The molecular formula is C19H27N3O6. The lowest BCUT2D eigenvalue weighted by molar-refractivity contribution is 0.0635. The summed E-state index contributed by atoms with van der Waals surface area (Å²) in [4.78, 5) is 20.5. The number of carbonyl (C=O) groups excluding carboxylic acids is 1. The maximum Gasteiger partial charge on any atom is 0.413 e. The van der Waals surface area contributed by atoms with Crippen molar-refractivity contribution in [3.63, 3.8) is 0 Å². The standard InChI is InChI=1S/C19H27N3O6/c1-19(2,3)28-18(23)22-17-13-10-15(26-8-6-24-4)16(27-9-7-25-5)11-14(13)20-12-21-17/h10-12H,6-9H2,1-5H3,(H,20,21,22,23). The third-order valence-electron chi connectivity index (χ3n) is 3.41. The van der Waals surface area contributed by atoms with E-state index in [1.165, 1.54) is 6.33 Å². The van der Waals surface area contributed by atoms with Crippen LogP contribution >= 0.6 is 0 Å². The van der Waals surface area contributed by atoms with Crippen molar-refractivity contribution in [2.75, 3.05) is 46.0 Å². The Kier molecular flexibility index (Phi) is 7.77. The SMILES string of the molecule is COCCOc1cc2ncnc(NC(=O)OC(C)(C)C)c2cc1OCCOC. The van der Waals surface area contributed by atoms with Crippen LogP contribution in [0.2, 0.25) is 0 Å². The molecule has 9 heteroatoms. The van der Waals surface area contributed by atoms with Crippen LogP contribution in [0.5, 0.6) is 11.5 Å². The van der Waals surface area contributed by atoms with Gasteiger partial charge in [-0.2, -0.15) is 0 Å². The zero-order valence-corrected chi connectivity index (χ0v) is 16.9. The van der Waals surface area contributed by atoms with Gasteiger partial charge in [-0.3, -0.25) is 5.32 Å². The molecule has 0 spiro atoms. The first-order chi connectivity index (χ1) is 13.3. The van der Waals surface area contributed by atoms with Crippen LogP contribution in [-0.2, 0) is 14.2 Å². The predicted molar refractivity (Wildman–Crippen MR) is 104 cm³/mol. The van der Waals surface area contributed by atoms with Crippen LogP contribution in [0.15, 0.2) is 18.5 Å². The van der Waals surface area contributed by atoms with Crippen molar-refractivity contribution in [1.29, 1.82) is 0 Å². The van der Waals surface area contributed by atoms with Gasteiger partial charge in [-0.05, 0) is 26.8 Å². The normalized spacial score (nSPS) is 11.3. The number of rotatable bonds is 9. The molecule has 154 valence electrons. The Morgan fingerprint density at radius 1 is 0.964 bits per heavy atom. The minimum absolute atomic E-state index is 0.319. The molecule has 2 aromatic rings. The van der Waals surface area contributed by atoms with Crippen LogP contribution in [0, 0.1) is 0 Å². The van der Waals surface area contributed by atoms with Crippen LogP contribution in [0.25, 0.3) is 10.9 Å². The molecule has 1 heterocycles. The lowest BCUT2D eigenvalue weighted by Crippen LogP contribution is -2.27. The van der Waals surface area contributed by atoms with E-state index in [-0.39, 0.29) is 0 Å². The Bertz CT molecular complexity index is 791. The first kappa shape index (κ1) is 21.6. The van der Waals surface area contributed by atoms with E-state index in [9.17, 15) is 4.79 Å². The highest BCUT2D eigenvalue weighted by molar-refractivity contribution is 5.97. The molecule has 0 bridgehead atoms. The molecule has 0 aliphatic heterocycles. The van der Waals surface area contributed by atoms with E-state index in [1.54, 1.807) is 47.1 Å². The van der Waals surface area contributed by atoms with Crippen LogP contribution in [0.1, 0.15) is 20.8 Å². The van der Waals surface area contributed by atoms with Crippen molar-refractivity contribution < 1.29 is 28.5 Å². The fraction of sp³-hybridized carbons (Fsp3) is 0.526. The highest BCUT2D eigenvalue weighted by Gasteiger charge is 2.19. The molecule has 0 unspecified atom stereocenters. The minimum Gasteiger partial charge on any atom is -0.487 e. The van der Waals surface area contributed by atoms with Crippen molar-refractivity contribution >= 4 is 22.8 Å². The summed E-state index contributed by atoms with van der Waals surface area (Å²) in [5.74, 6) is 1.32. The van der Waals surface area contributed by atoms with E-state index in [2.05, 4.69) is 15.3 Å². The molecule has 1 aromatic heterocycles. The molecule has 1 N–H and O–H groups in total. The fourth-order valence-corrected chi connectivity index (χ4v) is 2.26. The molecule has 0 saturated heterocycles. The number of anilines is 1. The number of benzene rings is 1. The second kappa shape index (κ2) is 10.0. The molecule has 0 aliphatic rings. The average Bonchev–Trinajstić information content (AvgIpc) is 2.61. The number of aromatic nitrogens is 2. The summed E-state index contributed by atoms with van der Waals surface area (Å²) in [5, 5.41) is 3.25. The van der Waals surface area contributed by atoms with Crippen LogP contribution in [0.4, 0.5) is 10.6 Å². The van der Waals surface area contributed by atoms with E-state index in [0.29, 0.717) is 54.6 Å². The zero-order valence-electron chi connectivity index (χ0n) is 16.9. The maximum absolute atomic E-state index is 12.1. The lowest BCUT2D eigenvalue weighted by Gasteiger charge is -2.20. The van der Waals surface area contributed by atoms with Gasteiger partial charge in [-0.25, -0.2) is 14.8 Å². The summed E-state index contributed by atoms with van der Waals surface area (Å²) in [6, 6.07) is 3.45. The number of carbonyl (C=O) groups is 1. The van der Waals surface area contributed by atoms with Gasteiger partial charge < -0.3 is 23.7 Å². The Morgan fingerprint density at radius 3 is 2.14 bits per heavy atom. The smallest absolute Gasteiger partial charge is 0.413 e. The molecule has 9 nitrogen and oxygen atoms in total. The van der Waals surface area contributed by atoms with Crippen LogP contribution in [0.3, 0.4) is 0 Å². The second-order valence-electron chi connectivity index (χ2n) is 6.85. The van der Waals surface area contributed by atoms with Gasteiger partial charge in [0.15, 0.2) is 11.5 Å². The van der Waals surface area contributed by atoms with E-state index < -0.39 is 11.7 Å². The third kappa shape index (κ3) is 6.50. The number of methoxy groups -OCH3 is 2. The van der Waals surface area contributed by atoms with E-state index in [4.69, 9.17) is 23.7 Å². The summed E-state index contributed by atoms with van der Waals surface area (Å²) in [6.45, 7) is 6.92. The third-order valence-corrected chi connectivity index (χ3v) is 3.41. The van der Waals surface area contributed by atoms with E-state index in [1.807, 2.05) is 0 Å². The summed E-state index contributed by atoms with van der Waals surface area (Å²) >= 11 is 0. The second-order valence-corrected chi connectivity index (χ2v) is 6.85. The van der Waals surface area contributed by atoms with Gasteiger partial charge in [-0.15, -0.1) is 0 Å². The lowest BCUT2D eigenvalue weighted by atomic mass is 10.2. The van der Waals surface area contributed by atoms with Crippen molar-refractivity contribution in [1.82, 2.24) is 9.97 Å². The molecule has 1 aromatic carbocycles. The molecule has 2 rings (SSSR count). The van der Waals surface area contributed by atoms with Crippen molar-refractivity contribution in [3.05, 3.63) is 18.5 Å². The largest absolute Gasteiger partial charge is 0.487 e. The molecule has 0 radical (unpaired) electrons. The Balaban J connectivity index is 2.33. The monoisotopic (exact) mass is 393 g/mol. The first-order valence-electron chi connectivity index (χ1n) is 8.86. The maximum atomic E-state index is 12.1. The number of hydrogen-bond donors (Lipinski definition) is 1. The number of ether oxygens (including phenoxy) is 5. The number of hydrogen-bond acceptors (Lipinski definition) is 8. The van der Waals surface area contributed by atoms with Gasteiger partial charge in [0.2, 0.25) is 0 Å². The average molecular weight is 393 g/mol. The molecule has 28 heavy (non-hydrogen) atoms. The highest BCUT2D eigenvalue weighted by Crippen LogP contribution is 2.34. The summed E-state index contributed by atoms with van der Waals surface area (Å²) in [5.41, 5.74) is -0.0310. The van der Waals surface area contributed by atoms with Crippen LogP contribution < -0.4 is 14.8 Å². The molecule has 0 fully saturated rings. The molecule has 0 aliphatic carbocycles. The topological polar surface area (TPSA) is 101 Å². The van der Waals surface area contributed by atoms with Gasteiger partial charge in [0.25, 0.3) is 0 Å². The summed E-state index contributed by atoms with van der Waals surface area (Å²) in [6.07, 6.45) is 0.758. The number of nitrogens with one attached hydrogen (secondary N) is 1. The Hall–Kier alpha value is -2.65. The first-order valence-corrected chi connectivity index (χ1v) is 8.86. The molecule has 1 amide bonds. The zero-order chi connectivity index (χ0) is 20.6. The number of nitrogens with zero attached hydrogens (tertiary/aromatic N) is 2.